The van der Waals surface area contributed by atoms with Gasteiger partial charge in [0, 0.05) is 5.56 Å². The van der Waals surface area contributed by atoms with E-state index in [1.165, 1.54) is 12.1 Å². The van der Waals surface area contributed by atoms with E-state index in [1.807, 2.05) is 30.3 Å². The van der Waals surface area contributed by atoms with Gasteiger partial charge in [0.25, 0.3) is 0 Å². The summed E-state index contributed by atoms with van der Waals surface area (Å²) in [5.41, 5.74) is 2.85. The zero-order valence-corrected chi connectivity index (χ0v) is 9.80. The van der Waals surface area contributed by atoms with Crippen LogP contribution in [0.4, 0.5) is 4.39 Å². The van der Waals surface area contributed by atoms with Crippen molar-refractivity contribution < 1.29 is 13.9 Å². The third-order valence-corrected chi connectivity index (χ3v) is 2.96. The van der Waals surface area contributed by atoms with Gasteiger partial charge in [-0.3, -0.25) is 0 Å². The van der Waals surface area contributed by atoms with Gasteiger partial charge in [-0.05, 0) is 23.3 Å². The highest BCUT2D eigenvalue weighted by Gasteiger charge is 2.17. The monoisotopic (exact) mass is 244 g/mol. The van der Waals surface area contributed by atoms with Crippen molar-refractivity contribution in [2.75, 3.05) is 13.2 Å². The minimum atomic E-state index is -0.258. The molecule has 2 nitrogen and oxygen atoms in total. The van der Waals surface area contributed by atoms with E-state index in [4.69, 9.17) is 9.47 Å². The predicted molar refractivity (Wildman–Crippen MR) is 66.5 cm³/mol. The first-order chi connectivity index (χ1) is 8.83. The van der Waals surface area contributed by atoms with Crippen molar-refractivity contribution in [2.45, 2.75) is 6.29 Å². The molecular formula is C15H13FO2. The molecule has 0 aromatic heterocycles. The molecule has 0 spiro atoms. The van der Waals surface area contributed by atoms with Gasteiger partial charge < -0.3 is 9.47 Å². The number of halogens is 1. The second kappa shape index (κ2) is 4.88. The van der Waals surface area contributed by atoms with Crippen LogP contribution >= 0.6 is 0 Å². The number of hydrogen-bond donors (Lipinski definition) is 0. The zero-order valence-electron chi connectivity index (χ0n) is 9.80. The third-order valence-electron chi connectivity index (χ3n) is 2.96. The van der Waals surface area contributed by atoms with E-state index in [-0.39, 0.29) is 12.1 Å². The van der Waals surface area contributed by atoms with Crippen molar-refractivity contribution in [3.05, 3.63) is 59.9 Å². The van der Waals surface area contributed by atoms with E-state index in [9.17, 15) is 4.39 Å². The fourth-order valence-electron chi connectivity index (χ4n) is 2.05. The highest BCUT2D eigenvalue weighted by Crippen LogP contribution is 2.26. The fraction of sp³-hybridized carbons (Fsp3) is 0.200. The molecule has 0 atom stereocenters. The van der Waals surface area contributed by atoms with Gasteiger partial charge in [0.2, 0.25) is 0 Å². The van der Waals surface area contributed by atoms with Crippen molar-refractivity contribution in [3.63, 3.8) is 0 Å². The lowest BCUT2D eigenvalue weighted by Crippen LogP contribution is -1.97. The average Bonchev–Trinajstić information content (AvgIpc) is 2.93. The molecule has 92 valence electrons. The molecule has 0 amide bonds. The highest BCUT2D eigenvalue weighted by atomic mass is 19.1. The SMILES string of the molecule is Fc1cccc(-c2ccc(C3OCCO3)cc2)c1. The Hall–Kier alpha value is -1.71. The molecule has 18 heavy (non-hydrogen) atoms. The minimum Gasteiger partial charge on any atom is -0.346 e. The lowest BCUT2D eigenvalue weighted by atomic mass is 10.0. The Morgan fingerprint density at radius 3 is 2.28 bits per heavy atom. The Morgan fingerprint density at radius 2 is 1.61 bits per heavy atom. The summed E-state index contributed by atoms with van der Waals surface area (Å²) in [6.07, 6.45) is -0.258. The smallest absolute Gasteiger partial charge is 0.184 e. The van der Waals surface area contributed by atoms with Crippen LogP contribution in [0.3, 0.4) is 0 Å². The molecule has 1 heterocycles. The molecular weight excluding hydrogens is 231 g/mol. The summed E-state index contributed by atoms with van der Waals surface area (Å²) in [5, 5.41) is 0. The topological polar surface area (TPSA) is 18.5 Å². The summed E-state index contributed by atoms with van der Waals surface area (Å²) >= 11 is 0. The van der Waals surface area contributed by atoms with Crippen molar-refractivity contribution in [3.8, 4) is 11.1 Å². The first kappa shape index (κ1) is 11.4. The summed E-state index contributed by atoms with van der Waals surface area (Å²) < 4.78 is 24.0. The molecule has 0 bridgehead atoms. The van der Waals surface area contributed by atoms with Crippen LogP contribution < -0.4 is 0 Å². The highest BCUT2D eigenvalue weighted by molar-refractivity contribution is 5.63. The van der Waals surface area contributed by atoms with Crippen LogP contribution in [0, 0.1) is 5.82 Å². The maximum absolute atomic E-state index is 13.1. The molecule has 3 heteroatoms. The predicted octanol–water partition coefficient (Wildman–Crippen LogP) is 3.54. The Labute approximate surface area is 105 Å². The summed E-state index contributed by atoms with van der Waals surface area (Å²) in [6.45, 7) is 1.27. The number of ether oxygens (including phenoxy) is 2. The number of benzene rings is 2. The van der Waals surface area contributed by atoms with E-state index in [0.717, 1.165) is 16.7 Å². The number of hydrogen-bond acceptors (Lipinski definition) is 2. The van der Waals surface area contributed by atoms with Crippen molar-refractivity contribution in [2.24, 2.45) is 0 Å². The summed E-state index contributed by atoms with van der Waals surface area (Å²) in [7, 11) is 0. The Balaban J connectivity index is 1.86. The average molecular weight is 244 g/mol. The largest absolute Gasteiger partial charge is 0.346 e. The standard InChI is InChI=1S/C15H13FO2/c16-14-3-1-2-13(10-14)11-4-6-12(7-5-11)15-17-8-9-18-15/h1-7,10,15H,8-9H2. The Morgan fingerprint density at radius 1 is 0.889 bits per heavy atom. The zero-order chi connectivity index (χ0) is 12.4. The molecule has 1 aliphatic heterocycles. The first-order valence-corrected chi connectivity index (χ1v) is 5.92. The molecule has 0 saturated carbocycles. The molecule has 0 unspecified atom stereocenters. The van der Waals surface area contributed by atoms with Crippen molar-refractivity contribution >= 4 is 0 Å². The van der Waals surface area contributed by atoms with Crippen LogP contribution in [-0.2, 0) is 9.47 Å². The molecule has 1 fully saturated rings. The minimum absolute atomic E-state index is 0.223. The summed E-state index contributed by atoms with van der Waals surface area (Å²) in [6, 6.07) is 14.4. The first-order valence-electron chi connectivity index (χ1n) is 5.92. The number of rotatable bonds is 2. The Kier molecular flexibility index (Phi) is 3.09. The van der Waals surface area contributed by atoms with Crippen LogP contribution in [-0.4, -0.2) is 13.2 Å². The molecule has 3 rings (SSSR count). The van der Waals surface area contributed by atoms with E-state index in [1.54, 1.807) is 6.07 Å². The Bertz CT molecular complexity index is 530. The second-order valence-electron chi connectivity index (χ2n) is 4.21. The van der Waals surface area contributed by atoms with Crippen LogP contribution in [0.5, 0.6) is 0 Å². The van der Waals surface area contributed by atoms with Gasteiger partial charge in [-0.25, -0.2) is 4.39 Å². The molecule has 1 aliphatic rings. The van der Waals surface area contributed by atoms with Gasteiger partial charge in [-0.15, -0.1) is 0 Å². The third kappa shape index (κ3) is 2.28. The van der Waals surface area contributed by atoms with Gasteiger partial charge in [0.05, 0.1) is 13.2 Å². The van der Waals surface area contributed by atoms with Gasteiger partial charge in [0.15, 0.2) is 6.29 Å². The lowest BCUT2D eigenvalue weighted by molar-refractivity contribution is -0.0441. The quantitative estimate of drug-likeness (QED) is 0.804. The molecule has 1 saturated heterocycles. The molecule has 0 aliphatic carbocycles. The summed E-state index contributed by atoms with van der Waals surface area (Å²) in [4.78, 5) is 0. The van der Waals surface area contributed by atoms with Crippen LogP contribution in [0.15, 0.2) is 48.5 Å². The van der Waals surface area contributed by atoms with Gasteiger partial charge in [-0.1, -0.05) is 36.4 Å². The molecule has 2 aromatic carbocycles. The summed E-state index contributed by atoms with van der Waals surface area (Å²) in [5.74, 6) is -0.223. The van der Waals surface area contributed by atoms with Crippen molar-refractivity contribution in [1.29, 1.82) is 0 Å². The van der Waals surface area contributed by atoms with Crippen LogP contribution in [0.2, 0.25) is 0 Å². The van der Waals surface area contributed by atoms with E-state index in [2.05, 4.69) is 0 Å². The van der Waals surface area contributed by atoms with Crippen molar-refractivity contribution in [1.82, 2.24) is 0 Å². The normalized spacial score (nSPS) is 16.1. The molecule has 2 aromatic rings. The van der Waals surface area contributed by atoms with E-state index >= 15 is 0 Å². The van der Waals surface area contributed by atoms with Gasteiger partial charge >= 0.3 is 0 Å². The molecule has 0 N–H and O–H groups in total. The van der Waals surface area contributed by atoms with E-state index in [0.29, 0.717) is 13.2 Å². The molecule has 0 radical (unpaired) electrons. The lowest BCUT2D eigenvalue weighted by Gasteiger charge is -2.10. The maximum Gasteiger partial charge on any atom is 0.184 e. The fourth-order valence-corrected chi connectivity index (χ4v) is 2.05. The van der Waals surface area contributed by atoms with Crippen LogP contribution in [0.1, 0.15) is 11.9 Å². The van der Waals surface area contributed by atoms with Crippen LogP contribution in [0.25, 0.3) is 11.1 Å². The second-order valence-corrected chi connectivity index (χ2v) is 4.21. The van der Waals surface area contributed by atoms with Gasteiger partial charge in [-0.2, -0.15) is 0 Å². The van der Waals surface area contributed by atoms with E-state index < -0.39 is 0 Å². The maximum atomic E-state index is 13.1. The van der Waals surface area contributed by atoms with Gasteiger partial charge in [0.1, 0.15) is 5.82 Å².